The van der Waals surface area contributed by atoms with Crippen LogP contribution in [0.15, 0.2) is 0 Å². The Kier molecular flexibility index (Phi) is 17.5. The van der Waals surface area contributed by atoms with E-state index in [1.165, 1.54) is 13.8 Å². The van der Waals surface area contributed by atoms with E-state index in [4.69, 9.17) is 9.90 Å². The van der Waals surface area contributed by atoms with Crippen LogP contribution in [0, 0.1) is 0 Å². The first kappa shape index (κ1) is 20.7. The van der Waals surface area contributed by atoms with Crippen molar-refractivity contribution >= 4 is 17.9 Å². The first-order valence-electron chi connectivity index (χ1n) is 4.49. The number of aliphatic carboxylic acids is 1. The lowest BCUT2D eigenvalue weighted by Gasteiger charge is -1.98. The van der Waals surface area contributed by atoms with E-state index in [1.807, 2.05) is 26.0 Å². The topological polar surface area (TPSA) is 105 Å². The third-order valence-electron chi connectivity index (χ3n) is 0.371. The summed E-state index contributed by atoms with van der Waals surface area (Å²) in [6.45, 7) is 3.44. The number of carbonyl (C=O) groups is 3. The maximum Gasteiger partial charge on any atom is 0.325 e. The molecule has 0 radical (unpaired) electrons. The van der Waals surface area contributed by atoms with Gasteiger partial charge in [0.05, 0.1) is 0 Å². The highest BCUT2D eigenvalue weighted by Gasteiger charge is 1.92. The van der Waals surface area contributed by atoms with Crippen LogP contribution in [0.3, 0.4) is 0 Å². The summed E-state index contributed by atoms with van der Waals surface area (Å²) in [6.07, 6.45) is 0. The molecular weight excluding hydrogens is 232 g/mol. The molecule has 0 heterocycles. The van der Waals surface area contributed by atoms with Gasteiger partial charge >= 0.3 is 11.9 Å². The van der Waals surface area contributed by atoms with Gasteiger partial charge in [0.15, 0.2) is 0 Å². The molecule has 0 spiro atoms. The second-order valence-electron chi connectivity index (χ2n) is 3.13. The monoisotopic (exact) mass is 252 g/mol. The maximum atomic E-state index is 9.95. The van der Waals surface area contributed by atoms with E-state index >= 15 is 0 Å². The Balaban J connectivity index is -0.000000205. The second-order valence-corrected chi connectivity index (χ2v) is 3.13. The number of rotatable bonds is 2. The fraction of sp³-hybridized carbons (Fsp3) is 0.667. The van der Waals surface area contributed by atoms with Crippen molar-refractivity contribution in [2.45, 2.75) is 20.8 Å². The van der Waals surface area contributed by atoms with Gasteiger partial charge in [-0.15, -0.1) is 0 Å². The van der Waals surface area contributed by atoms with Gasteiger partial charge in [-0.3, -0.25) is 14.4 Å². The zero-order valence-electron chi connectivity index (χ0n) is 10.9. The predicted molar refractivity (Wildman–Crippen MR) is 59.6 cm³/mol. The summed E-state index contributed by atoms with van der Waals surface area (Å²) in [5.41, 5.74) is 1.69. The number of carboxylic acid groups (broad SMARTS) is 1. The summed E-state index contributed by atoms with van der Waals surface area (Å²) in [6, 6.07) is 0. The Bertz CT molecular complexity index is 209. The highest BCUT2D eigenvalue weighted by Crippen LogP contribution is 1.71. The molecule has 0 unspecified atom stereocenters. The van der Waals surface area contributed by atoms with E-state index in [-0.39, 0.29) is 0 Å². The lowest BCUT2D eigenvalue weighted by atomic mass is 10.8. The summed E-state index contributed by atoms with van der Waals surface area (Å²) >= 11 is 0. The molecule has 0 rings (SSSR count). The first-order chi connectivity index (χ1) is 7.59. The van der Waals surface area contributed by atoms with Gasteiger partial charge in [-0.1, -0.05) is 0 Å². The highest BCUT2D eigenvalue weighted by atomic mass is 16.9. The summed E-state index contributed by atoms with van der Waals surface area (Å²) in [7, 11) is 6.00. The molecule has 0 aliphatic heterocycles. The maximum absolute atomic E-state index is 9.95. The third-order valence-corrected chi connectivity index (χ3v) is 0.371. The van der Waals surface area contributed by atoms with Crippen molar-refractivity contribution in [2.75, 3.05) is 21.1 Å². The van der Waals surface area contributed by atoms with Crippen molar-refractivity contribution in [3.05, 3.63) is 0 Å². The van der Waals surface area contributed by atoms with E-state index in [0.29, 0.717) is 0 Å². The van der Waals surface area contributed by atoms with E-state index in [2.05, 4.69) is 9.68 Å². The van der Waals surface area contributed by atoms with Crippen LogP contribution in [-0.2, 0) is 24.1 Å². The van der Waals surface area contributed by atoms with Crippen molar-refractivity contribution in [3.8, 4) is 0 Å². The highest BCUT2D eigenvalue weighted by molar-refractivity contribution is 5.67. The van der Waals surface area contributed by atoms with E-state index in [0.717, 1.165) is 6.92 Å². The van der Waals surface area contributed by atoms with Gasteiger partial charge in [0.2, 0.25) is 0 Å². The number of nitrogens with zero attached hydrogens (tertiary/aromatic N) is 1. The molecule has 0 saturated heterocycles. The molecule has 0 bridgehead atoms. The Labute approximate surface area is 100 Å². The molecule has 0 aliphatic rings. The fourth-order valence-electron chi connectivity index (χ4n) is 0.138. The van der Waals surface area contributed by atoms with Crippen molar-refractivity contribution in [1.82, 2.24) is 10.5 Å². The van der Waals surface area contributed by atoms with Crippen LogP contribution in [0.5, 0.6) is 0 Å². The summed E-state index contributed by atoms with van der Waals surface area (Å²) < 4.78 is 0. The number of hydrogen-bond acceptors (Lipinski definition) is 7. The molecule has 0 fully saturated rings. The number of hydrogen-bond donors (Lipinski definition) is 2. The SMILES string of the molecule is CC(=O)O.CC(=O)ONOC(C)=O.CN(C)C. The van der Waals surface area contributed by atoms with Crippen LogP contribution in [0.2, 0.25) is 0 Å². The number of carbonyl (C=O) groups excluding carboxylic acids is 2. The van der Waals surface area contributed by atoms with Crippen molar-refractivity contribution in [1.29, 1.82) is 0 Å². The van der Waals surface area contributed by atoms with Crippen LogP contribution in [0.1, 0.15) is 20.8 Å². The Morgan fingerprint density at radius 1 is 0.941 bits per heavy atom. The molecule has 8 heteroatoms. The lowest BCUT2D eigenvalue weighted by Crippen LogP contribution is -2.20. The quantitative estimate of drug-likeness (QED) is 0.651. The van der Waals surface area contributed by atoms with Crippen LogP contribution >= 0.6 is 0 Å². The van der Waals surface area contributed by atoms with Crippen LogP contribution in [-0.4, -0.2) is 49.1 Å². The molecule has 0 aliphatic carbocycles. The van der Waals surface area contributed by atoms with Crippen LogP contribution in [0.4, 0.5) is 0 Å². The molecule has 17 heavy (non-hydrogen) atoms. The zero-order chi connectivity index (χ0) is 14.4. The predicted octanol–water partition coefficient (Wildman–Crippen LogP) is -0.199. The van der Waals surface area contributed by atoms with Crippen molar-refractivity contribution in [3.63, 3.8) is 0 Å². The zero-order valence-corrected chi connectivity index (χ0v) is 10.9. The van der Waals surface area contributed by atoms with Gasteiger partial charge < -0.3 is 19.7 Å². The van der Waals surface area contributed by atoms with Gasteiger partial charge in [0, 0.05) is 26.4 Å². The van der Waals surface area contributed by atoms with Crippen molar-refractivity contribution < 1.29 is 29.2 Å². The van der Waals surface area contributed by atoms with Gasteiger partial charge in [0.25, 0.3) is 5.97 Å². The second kappa shape index (κ2) is 14.3. The minimum Gasteiger partial charge on any atom is -0.481 e. The smallest absolute Gasteiger partial charge is 0.325 e. The van der Waals surface area contributed by atoms with Crippen LogP contribution < -0.4 is 5.64 Å². The molecule has 102 valence electrons. The Morgan fingerprint density at radius 2 is 1.12 bits per heavy atom. The van der Waals surface area contributed by atoms with Crippen molar-refractivity contribution in [2.24, 2.45) is 0 Å². The standard InChI is InChI=1S/C4H7NO4.C3H9N.C2H4O2/c1-3(6)8-5-9-4(2)7;1-4(2)3;1-2(3)4/h5H,1-2H3;1-3H3;1H3,(H,3,4). The van der Waals surface area contributed by atoms with E-state index in [9.17, 15) is 9.59 Å². The molecule has 0 aromatic heterocycles. The number of nitrogens with one attached hydrogen (secondary N) is 1. The van der Waals surface area contributed by atoms with E-state index in [1.54, 1.807) is 5.64 Å². The molecule has 0 aromatic carbocycles. The van der Waals surface area contributed by atoms with E-state index < -0.39 is 17.9 Å². The molecule has 0 amide bonds. The van der Waals surface area contributed by atoms with Crippen LogP contribution in [0.25, 0.3) is 0 Å². The molecule has 2 N–H and O–H groups in total. The molecule has 0 atom stereocenters. The molecule has 0 aromatic rings. The number of carboxylic acids is 1. The van der Waals surface area contributed by atoms with Gasteiger partial charge in [0.1, 0.15) is 0 Å². The largest absolute Gasteiger partial charge is 0.481 e. The summed E-state index contributed by atoms with van der Waals surface area (Å²) in [5.74, 6) is -1.98. The molecule has 8 nitrogen and oxygen atoms in total. The first-order valence-corrected chi connectivity index (χ1v) is 4.49. The molecule has 0 saturated carbocycles. The summed E-state index contributed by atoms with van der Waals surface area (Å²) in [5, 5.41) is 7.42. The minimum absolute atomic E-state index is 0.573. The minimum atomic E-state index is -0.833. The lowest BCUT2D eigenvalue weighted by molar-refractivity contribution is -0.195. The summed E-state index contributed by atoms with van der Waals surface area (Å²) in [4.78, 5) is 38.9. The molecular formula is C9H20N2O6. The Morgan fingerprint density at radius 3 is 1.24 bits per heavy atom. The van der Waals surface area contributed by atoms with Gasteiger partial charge in [-0.25, -0.2) is 0 Å². The normalized spacial score (nSPS) is 7.94. The average Bonchev–Trinajstić information content (AvgIpc) is 1.99. The fourth-order valence-corrected chi connectivity index (χ4v) is 0.138. The average molecular weight is 252 g/mol. The third kappa shape index (κ3) is 116. The van der Waals surface area contributed by atoms with Gasteiger partial charge in [-0.2, -0.15) is 0 Å². The Hall–Kier alpha value is -1.67. The van der Waals surface area contributed by atoms with Gasteiger partial charge in [-0.05, 0) is 21.1 Å².